The highest BCUT2D eigenvalue weighted by molar-refractivity contribution is 6.17. The van der Waals surface area contributed by atoms with Crippen molar-refractivity contribution in [2.24, 2.45) is 0 Å². The van der Waals surface area contributed by atoms with Crippen molar-refractivity contribution in [3.05, 3.63) is 109 Å². The third-order valence-corrected chi connectivity index (χ3v) is 7.18. The minimum Gasteiger partial charge on any atom is -0.309 e. The Bertz CT molecular complexity index is 1870. The lowest BCUT2D eigenvalue weighted by atomic mass is 9.98. The molecule has 0 saturated carbocycles. The van der Waals surface area contributed by atoms with Crippen LogP contribution >= 0.6 is 0 Å². The standard InChI is InChI=1S/C31H18N2/c1-2-10-29-23(7-1)28-18-32-14-13-30(28)33(29)22-12-11-20-16-26-24-8-3-5-19-6-4-9-25(31(19)24)27(26)17-21(20)15-22/h1-18H. The Morgan fingerprint density at radius 3 is 2.12 bits per heavy atom. The molecular weight excluding hydrogens is 400 g/mol. The summed E-state index contributed by atoms with van der Waals surface area (Å²) < 4.78 is 2.36. The van der Waals surface area contributed by atoms with Crippen molar-refractivity contribution in [1.29, 1.82) is 0 Å². The van der Waals surface area contributed by atoms with Crippen LogP contribution in [-0.4, -0.2) is 9.55 Å². The van der Waals surface area contributed by atoms with Gasteiger partial charge in [-0.2, -0.15) is 0 Å². The first-order valence-corrected chi connectivity index (χ1v) is 11.3. The number of hydrogen-bond acceptors (Lipinski definition) is 1. The molecule has 0 fully saturated rings. The summed E-state index contributed by atoms with van der Waals surface area (Å²) in [4.78, 5) is 4.38. The number of hydrogen-bond donors (Lipinski definition) is 0. The molecule has 2 aromatic heterocycles. The van der Waals surface area contributed by atoms with Crippen LogP contribution in [0.5, 0.6) is 0 Å². The number of para-hydroxylation sites is 1. The largest absolute Gasteiger partial charge is 0.309 e. The van der Waals surface area contributed by atoms with Crippen molar-refractivity contribution in [1.82, 2.24) is 9.55 Å². The number of rotatable bonds is 1. The first-order valence-electron chi connectivity index (χ1n) is 11.3. The van der Waals surface area contributed by atoms with E-state index in [9.17, 15) is 0 Å². The van der Waals surface area contributed by atoms with Crippen LogP contribution in [0.25, 0.3) is 71.3 Å². The van der Waals surface area contributed by atoms with Crippen molar-refractivity contribution in [3.8, 4) is 27.9 Å². The second kappa shape index (κ2) is 6.08. The van der Waals surface area contributed by atoms with E-state index in [4.69, 9.17) is 0 Å². The molecule has 0 spiro atoms. The molecule has 0 N–H and O–H groups in total. The molecule has 0 saturated heterocycles. The average Bonchev–Trinajstić information content (AvgIpc) is 3.37. The van der Waals surface area contributed by atoms with Crippen LogP contribution in [0.1, 0.15) is 0 Å². The highest BCUT2D eigenvalue weighted by Gasteiger charge is 2.21. The molecule has 33 heavy (non-hydrogen) atoms. The maximum absolute atomic E-state index is 4.38. The van der Waals surface area contributed by atoms with Crippen LogP contribution < -0.4 is 0 Å². The Labute approximate surface area is 190 Å². The predicted molar refractivity (Wildman–Crippen MR) is 138 cm³/mol. The van der Waals surface area contributed by atoms with Gasteiger partial charge in [0, 0.05) is 28.9 Å². The van der Waals surface area contributed by atoms with E-state index in [2.05, 4.69) is 107 Å². The van der Waals surface area contributed by atoms with E-state index in [1.165, 1.54) is 71.3 Å². The zero-order valence-electron chi connectivity index (χ0n) is 17.8. The van der Waals surface area contributed by atoms with Crippen molar-refractivity contribution in [2.75, 3.05) is 0 Å². The van der Waals surface area contributed by atoms with Gasteiger partial charge in [0.1, 0.15) is 0 Å². The second-order valence-electron chi connectivity index (χ2n) is 8.88. The van der Waals surface area contributed by atoms with Crippen molar-refractivity contribution in [2.45, 2.75) is 0 Å². The second-order valence-corrected chi connectivity index (χ2v) is 8.88. The van der Waals surface area contributed by atoms with Gasteiger partial charge in [0.2, 0.25) is 0 Å². The minimum absolute atomic E-state index is 1.17. The summed E-state index contributed by atoms with van der Waals surface area (Å²) in [5.41, 5.74) is 8.92. The van der Waals surface area contributed by atoms with E-state index < -0.39 is 0 Å². The molecule has 0 radical (unpaired) electrons. The fraction of sp³-hybridized carbons (Fsp3) is 0. The third-order valence-electron chi connectivity index (χ3n) is 7.18. The Morgan fingerprint density at radius 1 is 0.515 bits per heavy atom. The third kappa shape index (κ3) is 2.20. The van der Waals surface area contributed by atoms with Crippen LogP contribution in [0.2, 0.25) is 0 Å². The Balaban J connectivity index is 1.42. The van der Waals surface area contributed by atoms with Gasteiger partial charge in [0.25, 0.3) is 0 Å². The monoisotopic (exact) mass is 418 g/mol. The first-order chi connectivity index (χ1) is 16.4. The maximum Gasteiger partial charge on any atom is 0.0571 e. The topological polar surface area (TPSA) is 17.8 Å². The Morgan fingerprint density at radius 2 is 1.27 bits per heavy atom. The molecule has 152 valence electrons. The molecule has 2 heteroatoms. The molecule has 0 bridgehead atoms. The number of aromatic nitrogens is 2. The maximum atomic E-state index is 4.38. The van der Waals surface area contributed by atoms with E-state index in [-0.39, 0.29) is 0 Å². The molecular formula is C31H18N2. The van der Waals surface area contributed by atoms with Crippen molar-refractivity contribution in [3.63, 3.8) is 0 Å². The number of fused-ring (bicyclic) bond motifs is 7. The van der Waals surface area contributed by atoms with Crippen LogP contribution in [0, 0.1) is 0 Å². The van der Waals surface area contributed by atoms with E-state index >= 15 is 0 Å². The van der Waals surface area contributed by atoms with E-state index in [0.717, 1.165) is 0 Å². The van der Waals surface area contributed by atoms with Gasteiger partial charge in [-0.15, -0.1) is 0 Å². The van der Waals surface area contributed by atoms with Gasteiger partial charge in [-0.25, -0.2) is 0 Å². The lowest BCUT2D eigenvalue weighted by molar-refractivity contribution is 1.18. The van der Waals surface area contributed by atoms with Gasteiger partial charge >= 0.3 is 0 Å². The highest BCUT2D eigenvalue weighted by Crippen LogP contribution is 2.48. The van der Waals surface area contributed by atoms with Gasteiger partial charge in [-0.05, 0) is 80.2 Å². The van der Waals surface area contributed by atoms with Crippen molar-refractivity contribution < 1.29 is 0 Å². The molecule has 1 aliphatic carbocycles. The lowest BCUT2D eigenvalue weighted by Crippen LogP contribution is -1.94. The van der Waals surface area contributed by atoms with Gasteiger partial charge in [0.05, 0.1) is 11.0 Å². The fourth-order valence-corrected chi connectivity index (χ4v) is 5.75. The van der Waals surface area contributed by atoms with Gasteiger partial charge in [-0.3, -0.25) is 4.98 Å². The predicted octanol–water partition coefficient (Wildman–Crippen LogP) is 8.13. The van der Waals surface area contributed by atoms with Gasteiger partial charge in [0.15, 0.2) is 0 Å². The van der Waals surface area contributed by atoms with E-state index in [1.54, 1.807) is 0 Å². The quantitative estimate of drug-likeness (QED) is 0.263. The normalized spacial score (nSPS) is 12.2. The van der Waals surface area contributed by atoms with E-state index in [0.29, 0.717) is 0 Å². The van der Waals surface area contributed by atoms with Gasteiger partial charge < -0.3 is 4.57 Å². The zero-order chi connectivity index (χ0) is 21.5. The Kier molecular flexibility index (Phi) is 3.16. The summed E-state index contributed by atoms with van der Waals surface area (Å²) >= 11 is 0. The SMILES string of the molecule is c1cc2c3c(cccc3c1)-c1cc3cc(-n4c5ccccc5c5cnccc54)ccc3cc1-2. The van der Waals surface area contributed by atoms with Crippen LogP contribution in [0.4, 0.5) is 0 Å². The zero-order valence-corrected chi connectivity index (χ0v) is 17.8. The summed E-state index contributed by atoms with van der Waals surface area (Å²) in [5.74, 6) is 0. The highest BCUT2D eigenvalue weighted by atomic mass is 15.0. The number of nitrogens with zero attached hydrogens (tertiary/aromatic N) is 2. The smallest absolute Gasteiger partial charge is 0.0571 e. The lowest BCUT2D eigenvalue weighted by Gasteiger charge is -2.11. The van der Waals surface area contributed by atoms with Crippen molar-refractivity contribution >= 4 is 43.4 Å². The molecule has 5 aromatic carbocycles. The molecule has 0 unspecified atom stereocenters. The Hall–Kier alpha value is -4.43. The molecule has 2 nitrogen and oxygen atoms in total. The first kappa shape index (κ1) is 17.2. The molecule has 0 amide bonds. The number of benzene rings is 5. The summed E-state index contributed by atoms with van der Waals surface area (Å²) in [7, 11) is 0. The van der Waals surface area contributed by atoms with Gasteiger partial charge in [-0.1, -0.05) is 60.7 Å². The molecule has 8 rings (SSSR count). The summed E-state index contributed by atoms with van der Waals surface area (Å²) in [6, 6.07) is 35.5. The van der Waals surface area contributed by atoms with Crippen LogP contribution in [0.15, 0.2) is 109 Å². The van der Waals surface area contributed by atoms with E-state index in [1.807, 2.05) is 12.4 Å². The average molecular weight is 418 g/mol. The molecule has 2 heterocycles. The summed E-state index contributed by atoms with van der Waals surface area (Å²) in [6.45, 7) is 0. The van der Waals surface area contributed by atoms with Crippen LogP contribution in [0.3, 0.4) is 0 Å². The minimum atomic E-state index is 1.17. The summed E-state index contributed by atoms with van der Waals surface area (Å²) in [5, 5.41) is 7.63. The van der Waals surface area contributed by atoms with Crippen LogP contribution in [-0.2, 0) is 0 Å². The molecule has 1 aliphatic rings. The molecule has 0 aliphatic heterocycles. The molecule has 7 aromatic rings. The fourth-order valence-electron chi connectivity index (χ4n) is 5.75. The number of pyridine rings is 1. The molecule has 0 atom stereocenters. The summed E-state index contributed by atoms with van der Waals surface area (Å²) in [6.07, 6.45) is 3.85.